The molecule has 3 heteroatoms. The first-order valence-electron chi connectivity index (χ1n) is 6.94. The lowest BCUT2D eigenvalue weighted by Gasteiger charge is -2.12. The Hall–Kier alpha value is -1.49. The van der Waals surface area contributed by atoms with E-state index in [1.165, 1.54) is 5.56 Å². The molecule has 21 heavy (non-hydrogen) atoms. The van der Waals surface area contributed by atoms with Crippen molar-refractivity contribution in [2.75, 3.05) is 0 Å². The monoisotopic (exact) mass is 317 g/mol. The van der Waals surface area contributed by atoms with Crippen molar-refractivity contribution in [3.05, 3.63) is 69.2 Å². The molecule has 0 amide bonds. The molecule has 0 bridgehead atoms. The quantitative estimate of drug-likeness (QED) is 0.681. The Labute approximate surface area is 136 Å². The second kappa shape index (κ2) is 6.98. The summed E-state index contributed by atoms with van der Waals surface area (Å²) < 4.78 is 0. The smallest absolute Gasteiger partial charge is 0.0753 e. The van der Waals surface area contributed by atoms with Crippen molar-refractivity contribution in [3.8, 4) is 6.07 Å². The van der Waals surface area contributed by atoms with Crippen LogP contribution in [0.3, 0.4) is 0 Å². The maximum Gasteiger partial charge on any atom is 0.0753 e. The van der Waals surface area contributed by atoms with Gasteiger partial charge in [0.2, 0.25) is 0 Å². The van der Waals surface area contributed by atoms with Crippen LogP contribution in [-0.2, 0) is 6.42 Å². The summed E-state index contributed by atoms with van der Waals surface area (Å²) in [6, 6.07) is 16.2. The Bertz CT molecular complexity index is 654. The first-order chi connectivity index (χ1) is 10.0. The third-order valence-electron chi connectivity index (χ3n) is 3.59. The fourth-order valence-electron chi connectivity index (χ4n) is 2.24. The fraction of sp³-hybridized carbons (Fsp3) is 0.278. The fourth-order valence-corrected chi connectivity index (χ4v) is 2.55. The summed E-state index contributed by atoms with van der Waals surface area (Å²) in [5.74, 6) is 0.297. The molecule has 0 aliphatic rings. The van der Waals surface area contributed by atoms with Gasteiger partial charge in [-0.15, -0.1) is 0 Å². The summed E-state index contributed by atoms with van der Waals surface area (Å²) >= 11 is 12.0. The zero-order chi connectivity index (χ0) is 15.4. The van der Waals surface area contributed by atoms with E-state index < -0.39 is 0 Å². The van der Waals surface area contributed by atoms with Gasteiger partial charge in [0.25, 0.3) is 0 Å². The molecule has 1 unspecified atom stereocenters. The molecule has 108 valence electrons. The predicted octanol–water partition coefficient (Wildman–Crippen LogP) is 5.97. The van der Waals surface area contributed by atoms with E-state index >= 15 is 0 Å². The number of nitrogens with zero attached hydrogens (tertiary/aromatic N) is 1. The van der Waals surface area contributed by atoms with Crippen LogP contribution in [0, 0.1) is 11.3 Å². The maximum atomic E-state index is 9.42. The highest BCUT2D eigenvalue weighted by Gasteiger charge is 2.13. The molecule has 2 aromatic rings. The van der Waals surface area contributed by atoms with Crippen LogP contribution in [0.2, 0.25) is 10.0 Å². The van der Waals surface area contributed by atoms with Crippen LogP contribution in [0.4, 0.5) is 0 Å². The summed E-state index contributed by atoms with van der Waals surface area (Å²) in [6.45, 7) is 4.34. The maximum absolute atomic E-state index is 9.42. The molecular formula is C18H17Cl2N. The number of hydrogen-bond acceptors (Lipinski definition) is 1. The lowest BCUT2D eigenvalue weighted by molar-refractivity contribution is 0.839. The summed E-state index contributed by atoms with van der Waals surface area (Å²) in [7, 11) is 0. The van der Waals surface area contributed by atoms with Crippen molar-refractivity contribution in [2.45, 2.75) is 32.1 Å². The lowest BCUT2D eigenvalue weighted by Crippen LogP contribution is -2.01. The van der Waals surface area contributed by atoms with Crippen molar-refractivity contribution >= 4 is 23.2 Å². The second-order valence-corrected chi connectivity index (χ2v) is 6.27. The van der Waals surface area contributed by atoms with Gasteiger partial charge in [-0.05, 0) is 41.2 Å². The molecule has 2 rings (SSSR count). The first-order valence-corrected chi connectivity index (χ1v) is 7.70. The molecular weight excluding hydrogens is 301 g/mol. The minimum Gasteiger partial charge on any atom is -0.198 e. The molecule has 0 radical (unpaired) electrons. The summed E-state index contributed by atoms with van der Waals surface area (Å²) in [4.78, 5) is 0. The molecule has 0 saturated heterocycles. The van der Waals surface area contributed by atoms with Crippen LogP contribution < -0.4 is 0 Å². The standard InChI is InChI=1S/C18H17Cl2N/c1-12(2)14-5-3-13(4-6-14)9-16(11-21)15-7-8-17(19)18(20)10-15/h3-8,10,12,16H,9H2,1-2H3. The number of halogens is 2. The van der Waals surface area contributed by atoms with E-state index in [9.17, 15) is 5.26 Å². The Morgan fingerprint density at radius 2 is 1.57 bits per heavy atom. The van der Waals surface area contributed by atoms with Crippen LogP contribution >= 0.6 is 23.2 Å². The molecule has 0 fully saturated rings. The van der Waals surface area contributed by atoms with Crippen LogP contribution in [-0.4, -0.2) is 0 Å². The number of hydrogen-bond donors (Lipinski definition) is 0. The predicted molar refractivity (Wildman–Crippen MR) is 89.1 cm³/mol. The molecule has 0 aliphatic carbocycles. The molecule has 2 aromatic carbocycles. The zero-order valence-corrected chi connectivity index (χ0v) is 13.6. The number of benzene rings is 2. The molecule has 0 aromatic heterocycles. The number of nitriles is 1. The van der Waals surface area contributed by atoms with Crippen molar-refractivity contribution in [3.63, 3.8) is 0 Å². The van der Waals surface area contributed by atoms with Crippen LogP contribution in [0.5, 0.6) is 0 Å². The van der Waals surface area contributed by atoms with Gasteiger partial charge in [-0.2, -0.15) is 5.26 Å². The van der Waals surface area contributed by atoms with Gasteiger partial charge in [-0.3, -0.25) is 0 Å². The van der Waals surface area contributed by atoms with Gasteiger partial charge in [-0.1, -0.05) is 67.4 Å². The Kier molecular flexibility index (Phi) is 5.28. The van der Waals surface area contributed by atoms with E-state index in [1.807, 2.05) is 6.07 Å². The van der Waals surface area contributed by atoms with Crippen molar-refractivity contribution in [2.24, 2.45) is 0 Å². The van der Waals surface area contributed by atoms with Gasteiger partial charge in [-0.25, -0.2) is 0 Å². The number of rotatable bonds is 4. The van der Waals surface area contributed by atoms with E-state index in [0.717, 1.165) is 11.1 Å². The van der Waals surface area contributed by atoms with Crippen LogP contribution in [0.15, 0.2) is 42.5 Å². The average Bonchev–Trinajstić information content (AvgIpc) is 2.48. The summed E-state index contributed by atoms with van der Waals surface area (Å²) in [5.41, 5.74) is 3.36. The molecule has 0 heterocycles. The molecule has 0 aliphatic heterocycles. The first kappa shape index (κ1) is 15.9. The minimum absolute atomic E-state index is 0.218. The summed E-state index contributed by atoms with van der Waals surface area (Å²) in [5, 5.41) is 10.4. The Morgan fingerprint density at radius 3 is 2.10 bits per heavy atom. The molecule has 0 N–H and O–H groups in total. The minimum atomic E-state index is -0.218. The van der Waals surface area contributed by atoms with Crippen molar-refractivity contribution in [1.29, 1.82) is 5.26 Å². The average molecular weight is 318 g/mol. The van der Waals surface area contributed by atoms with E-state index in [4.69, 9.17) is 23.2 Å². The largest absolute Gasteiger partial charge is 0.198 e. The summed E-state index contributed by atoms with van der Waals surface area (Å²) in [6.07, 6.45) is 0.673. The van der Waals surface area contributed by atoms with E-state index in [1.54, 1.807) is 12.1 Å². The third-order valence-corrected chi connectivity index (χ3v) is 4.33. The molecule has 1 nitrogen and oxygen atoms in total. The third kappa shape index (κ3) is 4.00. The molecule has 0 saturated carbocycles. The highest BCUT2D eigenvalue weighted by molar-refractivity contribution is 6.42. The topological polar surface area (TPSA) is 23.8 Å². The Balaban J connectivity index is 2.19. The normalized spacial score (nSPS) is 12.2. The van der Waals surface area contributed by atoms with Gasteiger partial charge in [0.15, 0.2) is 0 Å². The van der Waals surface area contributed by atoms with Crippen molar-refractivity contribution in [1.82, 2.24) is 0 Å². The van der Waals surface area contributed by atoms with Gasteiger partial charge in [0.1, 0.15) is 0 Å². The molecule has 1 atom stereocenters. The van der Waals surface area contributed by atoms with Crippen LogP contribution in [0.1, 0.15) is 42.4 Å². The Morgan fingerprint density at radius 1 is 0.952 bits per heavy atom. The van der Waals surface area contributed by atoms with Gasteiger partial charge in [0, 0.05) is 0 Å². The highest BCUT2D eigenvalue weighted by atomic mass is 35.5. The SMILES string of the molecule is CC(C)c1ccc(CC(C#N)c2ccc(Cl)c(Cl)c2)cc1. The zero-order valence-electron chi connectivity index (χ0n) is 12.1. The van der Waals surface area contributed by atoms with E-state index in [2.05, 4.69) is 44.2 Å². The van der Waals surface area contributed by atoms with Gasteiger partial charge < -0.3 is 0 Å². The second-order valence-electron chi connectivity index (χ2n) is 5.46. The van der Waals surface area contributed by atoms with Gasteiger partial charge >= 0.3 is 0 Å². The highest BCUT2D eigenvalue weighted by Crippen LogP contribution is 2.28. The van der Waals surface area contributed by atoms with Crippen molar-refractivity contribution < 1.29 is 0 Å². The van der Waals surface area contributed by atoms with E-state index in [0.29, 0.717) is 22.4 Å². The van der Waals surface area contributed by atoms with Crippen LogP contribution in [0.25, 0.3) is 0 Å². The lowest BCUT2D eigenvalue weighted by atomic mass is 9.92. The van der Waals surface area contributed by atoms with E-state index in [-0.39, 0.29) is 5.92 Å². The van der Waals surface area contributed by atoms with Gasteiger partial charge in [0.05, 0.1) is 22.0 Å². The molecule has 0 spiro atoms.